The van der Waals surface area contributed by atoms with Crippen LogP contribution in [0.5, 0.6) is 0 Å². The topological polar surface area (TPSA) is 55.1 Å². The zero-order valence-electron chi connectivity index (χ0n) is 14.2. The van der Waals surface area contributed by atoms with Gasteiger partial charge < -0.3 is 5.32 Å². The summed E-state index contributed by atoms with van der Waals surface area (Å²) in [5.41, 5.74) is 4.62. The van der Waals surface area contributed by atoms with Gasteiger partial charge in [-0.15, -0.1) is 0 Å². The first-order valence-corrected chi connectivity index (χ1v) is 8.40. The highest BCUT2D eigenvalue weighted by molar-refractivity contribution is 6.29. The average Bonchev–Trinajstić information content (AvgIpc) is 2.91. The Morgan fingerprint density at radius 3 is 2.54 bits per heavy atom. The molecule has 0 aliphatic carbocycles. The van der Waals surface area contributed by atoms with E-state index in [-0.39, 0.29) is 11.0 Å². The van der Waals surface area contributed by atoms with Gasteiger partial charge in [-0.3, -0.25) is 4.40 Å². The smallest absolute Gasteiger partial charge is 0.229 e. The van der Waals surface area contributed by atoms with Crippen LogP contribution in [-0.4, -0.2) is 19.4 Å². The lowest BCUT2D eigenvalue weighted by atomic mass is 10.2. The van der Waals surface area contributed by atoms with E-state index >= 15 is 0 Å². The van der Waals surface area contributed by atoms with Gasteiger partial charge >= 0.3 is 0 Å². The van der Waals surface area contributed by atoms with E-state index in [0.717, 1.165) is 16.9 Å². The third-order valence-electron chi connectivity index (χ3n) is 4.00. The molecular formula is C19H15ClFN5. The first-order valence-electron chi connectivity index (χ1n) is 8.02. The van der Waals surface area contributed by atoms with Crippen molar-refractivity contribution in [2.24, 2.45) is 0 Å². The number of rotatable bonds is 3. The molecule has 0 bridgehead atoms. The fourth-order valence-electron chi connectivity index (χ4n) is 2.81. The summed E-state index contributed by atoms with van der Waals surface area (Å²) >= 11 is 6.20. The SMILES string of the molecule is Cc1ccc(Nc2nc(Cl)cc(-c3c(C)nc4ccc(F)cn34)n2)cc1. The summed E-state index contributed by atoms with van der Waals surface area (Å²) in [5.74, 6) is 0.0106. The van der Waals surface area contributed by atoms with Crippen molar-refractivity contribution in [3.63, 3.8) is 0 Å². The number of aromatic nitrogens is 4. The predicted molar refractivity (Wildman–Crippen MR) is 100 cm³/mol. The Hall–Kier alpha value is -2.99. The van der Waals surface area contributed by atoms with Gasteiger partial charge in [0, 0.05) is 18.0 Å². The Morgan fingerprint density at radius 1 is 1.00 bits per heavy atom. The second kappa shape index (κ2) is 6.38. The van der Waals surface area contributed by atoms with E-state index in [4.69, 9.17) is 11.6 Å². The number of imidazole rings is 1. The molecule has 4 aromatic rings. The molecule has 0 saturated heterocycles. The van der Waals surface area contributed by atoms with Gasteiger partial charge in [0.05, 0.1) is 17.1 Å². The number of nitrogens with zero attached hydrogens (tertiary/aromatic N) is 4. The first kappa shape index (κ1) is 16.5. The van der Waals surface area contributed by atoms with Crippen molar-refractivity contribution in [2.75, 3.05) is 5.32 Å². The minimum Gasteiger partial charge on any atom is -0.324 e. The lowest BCUT2D eigenvalue weighted by molar-refractivity contribution is 0.619. The van der Waals surface area contributed by atoms with Crippen LogP contribution in [0.2, 0.25) is 5.15 Å². The van der Waals surface area contributed by atoms with E-state index in [1.807, 2.05) is 38.1 Å². The number of nitrogens with one attached hydrogen (secondary N) is 1. The van der Waals surface area contributed by atoms with Crippen LogP contribution < -0.4 is 5.32 Å². The third-order valence-corrected chi connectivity index (χ3v) is 4.20. The molecule has 0 amide bonds. The van der Waals surface area contributed by atoms with Crippen molar-refractivity contribution >= 4 is 28.9 Å². The minimum absolute atomic E-state index is 0.287. The normalized spacial score (nSPS) is 11.1. The fourth-order valence-corrected chi connectivity index (χ4v) is 2.99. The highest BCUT2D eigenvalue weighted by Gasteiger charge is 2.15. The standard InChI is InChI=1S/C19H15ClFN5/c1-11-3-6-14(7-4-11)23-19-24-15(9-16(20)25-19)18-12(2)22-17-8-5-13(21)10-26(17)18/h3-10H,1-2H3,(H,23,24,25). The van der Waals surface area contributed by atoms with E-state index in [9.17, 15) is 4.39 Å². The van der Waals surface area contributed by atoms with Crippen LogP contribution in [0.3, 0.4) is 0 Å². The van der Waals surface area contributed by atoms with Gasteiger partial charge in [-0.2, -0.15) is 0 Å². The van der Waals surface area contributed by atoms with Crippen molar-refractivity contribution in [2.45, 2.75) is 13.8 Å². The molecular weight excluding hydrogens is 353 g/mol. The van der Waals surface area contributed by atoms with Crippen molar-refractivity contribution < 1.29 is 4.39 Å². The van der Waals surface area contributed by atoms with Gasteiger partial charge in [0.15, 0.2) is 0 Å². The van der Waals surface area contributed by atoms with Gasteiger partial charge in [-0.05, 0) is 38.1 Å². The van der Waals surface area contributed by atoms with Crippen LogP contribution in [0.15, 0.2) is 48.7 Å². The van der Waals surface area contributed by atoms with Crippen molar-refractivity contribution in [3.8, 4) is 11.4 Å². The second-order valence-corrected chi connectivity index (χ2v) is 6.40. The largest absolute Gasteiger partial charge is 0.324 e. The molecule has 1 aromatic carbocycles. The van der Waals surface area contributed by atoms with Crippen molar-refractivity contribution in [1.82, 2.24) is 19.4 Å². The zero-order valence-corrected chi connectivity index (χ0v) is 14.9. The molecule has 7 heteroatoms. The first-order chi connectivity index (χ1) is 12.5. The molecule has 5 nitrogen and oxygen atoms in total. The Balaban J connectivity index is 1.80. The van der Waals surface area contributed by atoms with Gasteiger partial charge in [0.1, 0.15) is 16.6 Å². The second-order valence-electron chi connectivity index (χ2n) is 6.01. The Morgan fingerprint density at radius 2 is 1.77 bits per heavy atom. The summed E-state index contributed by atoms with van der Waals surface area (Å²) in [6, 6.07) is 12.5. The molecule has 0 aliphatic rings. The summed E-state index contributed by atoms with van der Waals surface area (Å²) < 4.78 is 15.4. The number of halogens is 2. The number of hydrogen-bond donors (Lipinski definition) is 1. The molecule has 130 valence electrons. The highest BCUT2D eigenvalue weighted by atomic mass is 35.5. The quantitative estimate of drug-likeness (QED) is 0.521. The molecule has 0 atom stereocenters. The molecule has 0 fully saturated rings. The lowest BCUT2D eigenvalue weighted by Crippen LogP contribution is -2.00. The Bertz CT molecular complexity index is 1110. The maximum Gasteiger partial charge on any atom is 0.229 e. The summed E-state index contributed by atoms with van der Waals surface area (Å²) in [6.45, 7) is 3.87. The van der Waals surface area contributed by atoms with Crippen LogP contribution in [0, 0.1) is 19.7 Å². The summed E-state index contributed by atoms with van der Waals surface area (Å²) in [4.78, 5) is 13.2. The number of pyridine rings is 1. The minimum atomic E-state index is -0.352. The fraction of sp³-hybridized carbons (Fsp3) is 0.105. The third kappa shape index (κ3) is 3.11. The van der Waals surface area contributed by atoms with Crippen LogP contribution in [0.25, 0.3) is 17.0 Å². The van der Waals surface area contributed by atoms with E-state index in [1.165, 1.54) is 12.3 Å². The van der Waals surface area contributed by atoms with Crippen LogP contribution in [0.1, 0.15) is 11.3 Å². The molecule has 1 N–H and O–H groups in total. The van der Waals surface area contributed by atoms with Gasteiger partial charge in [-0.25, -0.2) is 19.3 Å². The molecule has 0 unspecified atom stereocenters. The monoisotopic (exact) mass is 367 g/mol. The molecule has 3 heterocycles. The summed E-state index contributed by atoms with van der Waals surface area (Å²) in [7, 11) is 0. The van der Waals surface area contributed by atoms with Gasteiger partial charge in [-0.1, -0.05) is 29.3 Å². The van der Waals surface area contributed by atoms with E-state index in [2.05, 4.69) is 20.3 Å². The maximum absolute atomic E-state index is 13.7. The van der Waals surface area contributed by atoms with Crippen molar-refractivity contribution in [3.05, 3.63) is 70.9 Å². The number of fused-ring (bicyclic) bond motifs is 1. The molecule has 3 aromatic heterocycles. The van der Waals surface area contributed by atoms with Crippen molar-refractivity contribution in [1.29, 1.82) is 0 Å². The number of anilines is 2. The summed E-state index contributed by atoms with van der Waals surface area (Å²) in [6.07, 6.45) is 1.38. The van der Waals surface area contributed by atoms with Crippen LogP contribution >= 0.6 is 11.6 Å². The maximum atomic E-state index is 13.7. The van der Waals surface area contributed by atoms with E-state index < -0.39 is 0 Å². The van der Waals surface area contributed by atoms with Crippen LogP contribution in [-0.2, 0) is 0 Å². The molecule has 4 rings (SSSR count). The summed E-state index contributed by atoms with van der Waals surface area (Å²) in [5, 5.41) is 3.43. The zero-order chi connectivity index (χ0) is 18.3. The van der Waals surface area contributed by atoms with Gasteiger partial charge in [0.2, 0.25) is 5.95 Å². The molecule has 0 radical (unpaired) electrons. The number of benzene rings is 1. The molecule has 0 spiro atoms. The highest BCUT2D eigenvalue weighted by Crippen LogP contribution is 2.27. The Labute approximate surface area is 154 Å². The Kier molecular flexibility index (Phi) is 4.05. The number of aryl methyl sites for hydroxylation is 2. The predicted octanol–water partition coefficient (Wildman–Crippen LogP) is 4.94. The molecule has 0 saturated carbocycles. The molecule has 0 aliphatic heterocycles. The lowest BCUT2D eigenvalue weighted by Gasteiger charge is -2.09. The van der Waals surface area contributed by atoms with E-state index in [0.29, 0.717) is 23.0 Å². The van der Waals surface area contributed by atoms with E-state index in [1.54, 1.807) is 16.5 Å². The average molecular weight is 368 g/mol. The van der Waals surface area contributed by atoms with Crippen LogP contribution in [0.4, 0.5) is 16.0 Å². The number of hydrogen-bond acceptors (Lipinski definition) is 4. The molecule has 26 heavy (non-hydrogen) atoms. The van der Waals surface area contributed by atoms with Gasteiger partial charge in [0.25, 0.3) is 0 Å².